The van der Waals surface area contributed by atoms with E-state index in [1.807, 2.05) is 13.8 Å². The Balaban J connectivity index is 1.46. The molecular weight excluding hydrogens is 475 g/mol. The van der Waals surface area contributed by atoms with Crippen LogP contribution in [0.2, 0.25) is 0 Å². The summed E-state index contributed by atoms with van der Waals surface area (Å²) in [5.41, 5.74) is 8.55. The number of hydrogen-bond acceptors (Lipinski definition) is 9. The van der Waals surface area contributed by atoms with Gasteiger partial charge in [0, 0.05) is 41.6 Å². The third-order valence-corrected chi connectivity index (χ3v) is 5.23. The average Bonchev–Trinajstić information content (AvgIpc) is 2.87. The molecule has 4 aromatic rings. The van der Waals surface area contributed by atoms with Gasteiger partial charge in [-0.2, -0.15) is 0 Å². The van der Waals surface area contributed by atoms with Gasteiger partial charge in [-0.25, -0.2) is 14.4 Å². The molecule has 2 aromatic heterocycles. The average molecular weight is 503 g/mol. The van der Waals surface area contributed by atoms with Crippen LogP contribution in [0.1, 0.15) is 36.2 Å². The van der Waals surface area contributed by atoms with E-state index >= 15 is 0 Å². The highest BCUT2D eigenvalue weighted by Crippen LogP contribution is 2.29. The van der Waals surface area contributed by atoms with Gasteiger partial charge in [-0.15, -0.1) is 0 Å². The van der Waals surface area contributed by atoms with Crippen LogP contribution in [0.15, 0.2) is 67.1 Å². The Morgan fingerprint density at radius 1 is 1.03 bits per heavy atom. The highest BCUT2D eigenvalue weighted by Gasteiger charge is 2.17. The summed E-state index contributed by atoms with van der Waals surface area (Å²) in [5.74, 6) is 1.19. The highest BCUT2D eigenvalue weighted by molar-refractivity contribution is 6.16. The number of hydrogen-bond donors (Lipinski definition) is 4. The zero-order chi connectivity index (χ0) is 26.4. The SMILES string of the molecule is CC(C)Nc1ncnc(N)c1C(=N)c1ccc(Oc2cc(F)cc(OCc3ccc(CO)nc3)c2)cc1. The van der Waals surface area contributed by atoms with Crippen LogP contribution in [-0.2, 0) is 13.2 Å². The number of nitrogens with two attached hydrogens (primary N) is 1. The lowest BCUT2D eigenvalue weighted by Gasteiger charge is -2.15. The summed E-state index contributed by atoms with van der Waals surface area (Å²) in [6, 6.07) is 14.5. The zero-order valence-corrected chi connectivity index (χ0v) is 20.4. The third-order valence-electron chi connectivity index (χ3n) is 5.23. The molecule has 0 aliphatic carbocycles. The summed E-state index contributed by atoms with van der Waals surface area (Å²) < 4.78 is 25.7. The molecule has 190 valence electrons. The molecule has 9 nitrogen and oxygen atoms in total. The van der Waals surface area contributed by atoms with Gasteiger partial charge in [0.2, 0.25) is 0 Å². The van der Waals surface area contributed by atoms with E-state index in [0.717, 1.165) is 5.56 Å². The molecule has 2 heterocycles. The molecule has 37 heavy (non-hydrogen) atoms. The molecule has 4 rings (SSSR count). The Hall–Kier alpha value is -4.57. The lowest BCUT2D eigenvalue weighted by molar-refractivity contribution is 0.276. The number of aromatic nitrogens is 3. The van der Waals surface area contributed by atoms with Crippen molar-refractivity contribution in [3.8, 4) is 17.2 Å². The van der Waals surface area contributed by atoms with E-state index in [2.05, 4.69) is 20.3 Å². The van der Waals surface area contributed by atoms with Crippen LogP contribution in [-0.4, -0.2) is 31.8 Å². The minimum Gasteiger partial charge on any atom is -0.489 e. The molecule has 2 aromatic carbocycles. The summed E-state index contributed by atoms with van der Waals surface area (Å²) >= 11 is 0. The third kappa shape index (κ3) is 6.56. The van der Waals surface area contributed by atoms with Crippen molar-refractivity contribution in [1.29, 1.82) is 5.41 Å². The summed E-state index contributed by atoms with van der Waals surface area (Å²) in [6.45, 7) is 3.97. The Labute approximate surface area is 213 Å². The van der Waals surface area contributed by atoms with E-state index in [9.17, 15) is 4.39 Å². The van der Waals surface area contributed by atoms with Crippen molar-refractivity contribution in [1.82, 2.24) is 15.0 Å². The second kappa shape index (κ2) is 11.4. The molecule has 0 radical (unpaired) electrons. The largest absolute Gasteiger partial charge is 0.489 e. The molecule has 0 amide bonds. The maximum atomic E-state index is 14.2. The monoisotopic (exact) mass is 502 g/mol. The number of rotatable bonds is 10. The summed E-state index contributed by atoms with van der Waals surface area (Å²) in [5, 5.41) is 20.9. The minimum absolute atomic E-state index is 0.0974. The van der Waals surface area contributed by atoms with Crippen LogP contribution >= 0.6 is 0 Å². The maximum absolute atomic E-state index is 14.2. The van der Waals surface area contributed by atoms with Gasteiger partial charge in [0.15, 0.2) is 0 Å². The minimum atomic E-state index is -0.510. The highest BCUT2D eigenvalue weighted by atomic mass is 19.1. The van der Waals surface area contributed by atoms with E-state index in [0.29, 0.717) is 34.1 Å². The number of nitrogen functional groups attached to an aromatic ring is 1. The van der Waals surface area contributed by atoms with Crippen molar-refractivity contribution in [2.24, 2.45) is 0 Å². The Morgan fingerprint density at radius 2 is 1.78 bits per heavy atom. The second-order valence-corrected chi connectivity index (χ2v) is 8.51. The van der Waals surface area contributed by atoms with Gasteiger partial charge in [0.05, 0.1) is 23.6 Å². The normalized spacial score (nSPS) is 10.8. The molecule has 0 aliphatic rings. The molecule has 0 fully saturated rings. The molecule has 0 unspecified atom stereocenters. The lowest BCUT2D eigenvalue weighted by Crippen LogP contribution is -2.17. The molecule has 0 spiro atoms. The van der Waals surface area contributed by atoms with Crippen LogP contribution in [0.25, 0.3) is 0 Å². The van der Waals surface area contributed by atoms with E-state index in [4.69, 9.17) is 25.7 Å². The Kier molecular flexibility index (Phi) is 7.89. The number of benzene rings is 2. The smallest absolute Gasteiger partial charge is 0.141 e. The Bertz CT molecular complexity index is 1380. The van der Waals surface area contributed by atoms with E-state index in [-0.39, 0.29) is 36.5 Å². The Morgan fingerprint density at radius 3 is 2.46 bits per heavy atom. The lowest BCUT2D eigenvalue weighted by atomic mass is 10.0. The van der Waals surface area contributed by atoms with Gasteiger partial charge in [-0.3, -0.25) is 10.4 Å². The molecule has 0 atom stereocenters. The van der Waals surface area contributed by atoms with Crippen LogP contribution in [0.5, 0.6) is 17.2 Å². The number of nitrogens with zero attached hydrogens (tertiary/aromatic N) is 3. The van der Waals surface area contributed by atoms with Crippen LogP contribution in [0.3, 0.4) is 0 Å². The van der Waals surface area contributed by atoms with Gasteiger partial charge in [-0.1, -0.05) is 6.07 Å². The second-order valence-electron chi connectivity index (χ2n) is 8.51. The number of aliphatic hydroxyl groups is 1. The summed E-state index contributed by atoms with van der Waals surface area (Å²) in [7, 11) is 0. The predicted octanol–water partition coefficient (Wildman–Crippen LogP) is 4.69. The number of anilines is 2. The van der Waals surface area contributed by atoms with E-state index < -0.39 is 5.82 Å². The maximum Gasteiger partial charge on any atom is 0.141 e. The van der Waals surface area contributed by atoms with Crippen molar-refractivity contribution >= 4 is 17.3 Å². The van der Waals surface area contributed by atoms with Crippen LogP contribution in [0.4, 0.5) is 16.0 Å². The first kappa shape index (κ1) is 25.5. The fraction of sp³-hybridized carbons (Fsp3) is 0.185. The van der Waals surface area contributed by atoms with Crippen molar-refractivity contribution in [2.75, 3.05) is 11.1 Å². The first-order chi connectivity index (χ1) is 17.8. The van der Waals surface area contributed by atoms with Crippen LogP contribution in [0, 0.1) is 11.2 Å². The topological polar surface area (TPSA) is 139 Å². The summed E-state index contributed by atoms with van der Waals surface area (Å²) in [4.78, 5) is 12.4. The molecular formula is C27H27FN6O3. The van der Waals surface area contributed by atoms with Gasteiger partial charge >= 0.3 is 0 Å². The first-order valence-electron chi connectivity index (χ1n) is 11.5. The number of halogens is 1. The molecule has 0 aliphatic heterocycles. The fourth-order valence-electron chi connectivity index (χ4n) is 3.48. The van der Waals surface area contributed by atoms with Gasteiger partial charge in [0.1, 0.15) is 47.6 Å². The molecule has 0 saturated heterocycles. The van der Waals surface area contributed by atoms with Gasteiger partial charge < -0.3 is 25.6 Å². The number of nitrogens with one attached hydrogen (secondary N) is 2. The first-order valence-corrected chi connectivity index (χ1v) is 11.5. The standard InChI is InChI=1S/C27H27FN6O3/c1-16(2)34-27-24(26(30)32-15-33-27)25(29)18-4-7-21(8-5-18)37-23-10-19(28)9-22(11-23)36-14-17-3-6-20(13-35)31-12-17/h3-12,15-16,29,35H,13-14H2,1-2H3,(H3,30,32,33,34). The van der Waals surface area contributed by atoms with Gasteiger partial charge in [0.25, 0.3) is 0 Å². The molecule has 10 heteroatoms. The number of aliphatic hydroxyl groups excluding tert-OH is 1. The van der Waals surface area contributed by atoms with E-state index in [1.165, 1.54) is 18.5 Å². The molecule has 5 N–H and O–H groups in total. The predicted molar refractivity (Wildman–Crippen MR) is 139 cm³/mol. The van der Waals surface area contributed by atoms with Crippen molar-refractivity contribution < 1.29 is 19.0 Å². The zero-order valence-electron chi connectivity index (χ0n) is 20.4. The quantitative estimate of drug-likeness (QED) is 0.229. The van der Waals surface area contributed by atoms with Crippen molar-refractivity contribution in [2.45, 2.75) is 33.1 Å². The summed E-state index contributed by atoms with van der Waals surface area (Å²) in [6.07, 6.45) is 2.95. The fourth-order valence-corrected chi connectivity index (χ4v) is 3.48. The van der Waals surface area contributed by atoms with Crippen molar-refractivity contribution in [3.63, 3.8) is 0 Å². The van der Waals surface area contributed by atoms with Crippen molar-refractivity contribution in [3.05, 3.63) is 95.3 Å². The number of ether oxygens (including phenoxy) is 2. The van der Waals surface area contributed by atoms with Crippen LogP contribution < -0.4 is 20.5 Å². The number of pyridine rings is 1. The molecule has 0 saturated carbocycles. The van der Waals surface area contributed by atoms with Gasteiger partial charge in [-0.05, 0) is 44.2 Å². The molecule has 0 bridgehead atoms. The van der Waals surface area contributed by atoms with E-state index in [1.54, 1.807) is 48.7 Å².